The van der Waals surface area contributed by atoms with Crippen molar-refractivity contribution < 1.29 is 14.6 Å². The summed E-state index contributed by atoms with van der Waals surface area (Å²) >= 11 is 3.39. The summed E-state index contributed by atoms with van der Waals surface area (Å²) in [6.07, 6.45) is -0.464. The minimum atomic E-state index is -0.464. The van der Waals surface area contributed by atoms with Gasteiger partial charge in [0.2, 0.25) is 0 Å². The molecule has 15 heavy (non-hydrogen) atoms. The number of ether oxygens (including phenoxy) is 2. The first kappa shape index (κ1) is 12.5. The van der Waals surface area contributed by atoms with Crippen molar-refractivity contribution in [1.82, 2.24) is 0 Å². The molecule has 1 unspecified atom stereocenters. The molecule has 3 nitrogen and oxygen atoms in total. The first-order valence-electron chi connectivity index (χ1n) is 4.74. The van der Waals surface area contributed by atoms with Crippen molar-refractivity contribution in [3.05, 3.63) is 28.2 Å². The van der Waals surface area contributed by atoms with E-state index in [-0.39, 0.29) is 0 Å². The van der Waals surface area contributed by atoms with E-state index in [2.05, 4.69) is 15.9 Å². The van der Waals surface area contributed by atoms with Gasteiger partial charge in [-0.15, -0.1) is 0 Å². The Balaban J connectivity index is 2.66. The van der Waals surface area contributed by atoms with Crippen LogP contribution in [0.25, 0.3) is 0 Å². The molecule has 4 heteroatoms. The monoisotopic (exact) mass is 274 g/mol. The molecule has 1 aromatic rings. The summed E-state index contributed by atoms with van der Waals surface area (Å²) in [5.74, 6) is 0.761. The minimum Gasteiger partial charge on any atom is -0.490 e. The summed E-state index contributed by atoms with van der Waals surface area (Å²) in [6, 6.07) is 5.53. The van der Waals surface area contributed by atoms with Crippen LogP contribution in [0.2, 0.25) is 0 Å². The van der Waals surface area contributed by atoms with Crippen molar-refractivity contribution in [3.8, 4) is 5.75 Å². The van der Waals surface area contributed by atoms with Gasteiger partial charge in [0.1, 0.15) is 12.4 Å². The minimum absolute atomic E-state index is 0.464. The summed E-state index contributed by atoms with van der Waals surface area (Å²) in [6.45, 7) is 2.81. The molecule has 1 aromatic carbocycles. The van der Waals surface area contributed by atoms with E-state index < -0.39 is 6.10 Å². The van der Waals surface area contributed by atoms with Crippen molar-refractivity contribution in [2.75, 3.05) is 20.3 Å². The highest BCUT2D eigenvalue weighted by atomic mass is 79.9. The molecule has 0 saturated carbocycles. The zero-order valence-electron chi connectivity index (χ0n) is 8.87. The molecule has 0 aliphatic carbocycles. The maximum Gasteiger partial charge on any atom is 0.133 e. The van der Waals surface area contributed by atoms with Gasteiger partial charge in [-0.2, -0.15) is 0 Å². The normalized spacial score (nSPS) is 12.5. The Morgan fingerprint density at radius 2 is 2.13 bits per heavy atom. The average Bonchev–Trinajstić information content (AvgIpc) is 2.20. The predicted molar refractivity (Wildman–Crippen MR) is 62.1 cm³/mol. The summed E-state index contributed by atoms with van der Waals surface area (Å²) in [5.41, 5.74) is 0.862. The number of halogens is 1. The Morgan fingerprint density at radius 1 is 1.40 bits per heavy atom. The molecule has 1 atom stereocenters. The number of rotatable bonds is 5. The SMILES string of the molecule is COCCOc1ccc(C(C)O)cc1Br. The van der Waals surface area contributed by atoms with Crippen LogP contribution < -0.4 is 4.74 Å². The number of hydrogen-bond donors (Lipinski definition) is 1. The van der Waals surface area contributed by atoms with E-state index in [0.717, 1.165) is 15.8 Å². The molecule has 0 bridgehead atoms. The Hall–Kier alpha value is -0.580. The zero-order valence-corrected chi connectivity index (χ0v) is 10.5. The highest BCUT2D eigenvalue weighted by Gasteiger charge is 2.05. The van der Waals surface area contributed by atoms with Crippen LogP contribution in [0.15, 0.2) is 22.7 Å². The van der Waals surface area contributed by atoms with Crippen molar-refractivity contribution in [1.29, 1.82) is 0 Å². The largest absolute Gasteiger partial charge is 0.490 e. The second kappa shape index (κ2) is 6.10. The molecular formula is C11H15BrO3. The average molecular weight is 275 g/mol. The highest BCUT2D eigenvalue weighted by Crippen LogP contribution is 2.28. The summed E-state index contributed by atoms with van der Waals surface area (Å²) in [4.78, 5) is 0. The maximum absolute atomic E-state index is 9.37. The van der Waals surface area contributed by atoms with Gasteiger partial charge in [0.25, 0.3) is 0 Å². The molecule has 0 aliphatic heterocycles. The van der Waals surface area contributed by atoms with E-state index in [0.29, 0.717) is 13.2 Å². The van der Waals surface area contributed by atoms with E-state index in [1.807, 2.05) is 18.2 Å². The molecule has 1 N–H and O–H groups in total. The molecule has 0 fully saturated rings. The quantitative estimate of drug-likeness (QED) is 0.839. The summed E-state index contributed by atoms with van der Waals surface area (Å²) < 4.78 is 11.2. The molecule has 84 valence electrons. The Kier molecular flexibility index (Phi) is 5.08. The van der Waals surface area contributed by atoms with Gasteiger partial charge >= 0.3 is 0 Å². The molecule has 0 amide bonds. The van der Waals surface area contributed by atoms with Gasteiger partial charge in [-0.05, 0) is 40.5 Å². The van der Waals surface area contributed by atoms with Gasteiger partial charge in [0.15, 0.2) is 0 Å². The number of methoxy groups -OCH3 is 1. The third kappa shape index (κ3) is 3.81. The van der Waals surface area contributed by atoms with E-state index in [1.165, 1.54) is 0 Å². The maximum atomic E-state index is 9.37. The number of hydrogen-bond acceptors (Lipinski definition) is 3. The van der Waals surface area contributed by atoms with Gasteiger partial charge < -0.3 is 14.6 Å². The third-order valence-corrected chi connectivity index (χ3v) is 2.60. The fourth-order valence-corrected chi connectivity index (χ4v) is 1.64. The van der Waals surface area contributed by atoms with Gasteiger partial charge in [0, 0.05) is 7.11 Å². The van der Waals surface area contributed by atoms with Crippen molar-refractivity contribution in [3.63, 3.8) is 0 Å². The van der Waals surface area contributed by atoms with Crippen LogP contribution in [-0.2, 0) is 4.74 Å². The van der Waals surface area contributed by atoms with Gasteiger partial charge in [-0.1, -0.05) is 6.07 Å². The Morgan fingerprint density at radius 3 is 2.67 bits per heavy atom. The molecule has 0 radical (unpaired) electrons. The van der Waals surface area contributed by atoms with Gasteiger partial charge in [0.05, 0.1) is 17.2 Å². The van der Waals surface area contributed by atoms with Gasteiger partial charge in [-0.3, -0.25) is 0 Å². The van der Waals surface area contributed by atoms with Crippen LogP contribution in [0.5, 0.6) is 5.75 Å². The second-order valence-electron chi connectivity index (χ2n) is 3.21. The molecule has 1 rings (SSSR count). The van der Waals surface area contributed by atoms with Crippen LogP contribution in [0.4, 0.5) is 0 Å². The number of aliphatic hydroxyl groups is 1. The van der Waals surface area contributed by atoms with Crippen molar-refractivity contribution >= 4 is 15.9 Å². The fraction of sp³-hybridized carbons (Fsp3) is 0.455. The van der Waals surface area contributed by atoms with Crippen LogP contribution in [0, 0.1) is 0 Å². The van der Waals surface area contributed by atoms with Crippen LogP contribution in [0.1, 0.15) is 18.6 Å². The van der Waals surface area contributed by atoms with E-state index >= 15 is 0 Å². The molecule has 0 heterocycles. The van der Waals surface area contributed by atoms with Crippen LogP contribution in [-0.4, -0.2) is 25.4 Å². The smallest absolute Gasteiger partial charge is 0.133 e. The number of aliphatic hydroxyl groups excluding tert-OH is 1. The van der Waals surface area contributed by atoms with Crippen molar-refractivity contribution in [2.45, 2.75) is 13.0 Å². The second-order valence-corrected chi connectivity index (χ2v) is 4.06. The topological polar surface area (TPSA) is 38.7 Å². The molecule has 0 aliphatic rings. The van der Waals surface area contributed by atoms with Crippen LogP contribution >= 0.6 is 15.9 Å². The van der Waals surface area contributed by atoms with E-state index in [9.17, 15) is 5.11 Å². The molecule has 0 aromatic heterocycles. The third-order valence-electron chi connectivity index (χ3n) is 1.98. The Labute approximate surface area is 98.1 Å². The lowest BCUT2D eigenvalue weighted by atomic mass is 10.1. The van der Waals surface area contributed by atoms with E-state index in [1.54, 1.807) is 14.0 Å². The first-order valence-corrected chi connectivity index (χ1v) is 5.53. The lowest BCUT2D eigenvalue weighted by Gasteiger charge is -2.10. The number of benzene rings is 1. The van der Waals surface area contributed by atoms with Crippen LogP contribution in [0.3, 0.4) is 0 Å². The van der Waals surface area contributed by atoms with Crippen molar-refractivity contribution in [2.24, 2.45) is 0 Å². The Bertz CT molecular complexity index is 313. The van der Waals surface area contributed by atoms with Gasteiger partial charge in [-0.25, -0.2) is 0 Å². The summed E-state index contributed by atoms with van der Waals surface area (Å²) in [7, 11) is 1.63. The van der Waals surface area contributed by atoms with E-state index in [4.69, 9.17) is 9.47 Å². The zero-order chi connectivity index (χ0) is 11.3. The highest BCUT2D eigenvalue weighted by molar-refractivity contribution is 9.10. The molecule has 0 spiro atoms. The standard InChI is InChI=1S/C11H15BrO3/c1-8(13)9-3-4-11(10(12)7-9)15-6-5-14-2/h3-4,7-8,13H,5-6H2,1-2H3. The molecular weight excluding hydrogens is 260 g/mol. The summed E-state index contributed by atoms with van der Waals surface area (Å²) in [5, 5.41) is 9.37. The first-order chi connectivity index (χ1) is 7.15. The lowest BCUT2D eigenvalue weighted by Crippen LogP contribution is -2.04. The fourth-order valence-electron chi connectivity index (χ4n) is 1.13. The lowest BCUT2D eigenvalue weighted by molar-refractivity contribution is 0.146. The predicted octanol–water partition coefficient (Wildman–Crippen LogP) is 2.53. The molecule has 0 saturated heterocycles.